The van der Waals surface area contributed by atoms with Crippen molar-refractivity contribution in [3.8, 4) is 0 Å². The van der Waals surface area contributed by atoms with Gasteiger partial charge in [-0.05, 0) is 18.6 Å². The van der Waals surface area contributed by atoms with Gasteiger partial charge in [0.25, 0.3) is 5.56 Å². The van der Waals surface area contributed by atoms with E-state index in [-0.39, 0.29) is 5.56 Å². The molecular formula is C16H15N5O. The number of fused-ring (bicyclic) bond motifs is 2. The molecule has 0 saturated heterocycles. The van der Waals surface area contributed by atoms with Crippen LogP contribution in [0.1, 0.15) is 17.1 Å². The lowest BCUT2D eigenvalue weighted by molar-refractivity contribution is 0.932. The third-order valence-electron chi connectivity index (χ3n) is 3.99. The maximum absolute atomic E-state index is 11.7. The van der Waals surface area contributed by atoms with E-state index in [2.05, 4.69) is 43.1 Å². The highest BCUT2D eigenvalue weighted by Crippen LogP contribution is 2.22. The van der Waals surface area contributed by atoms with Crippen molar-refractivity contribution in [1.29, 1.82) is 0 Å². The second-order valence-corrected chi connectivity index (χ2v) is 5.49. The van der Waals surface area contributed by atoms with Crippen LogP contribution >= 0.6 is 0 Å². The van der Waals surface area contributed by atoms with E-state index in [1.165, 1.54) is 16.5 Å². The number of aryl methyl sites for hydroxylation is 2. The van der Waals surface area contributed by atoms with E-state index in [1.807, 2.05) is 26.1 Å². The van der Waals surface area contributed by atoms with Crippen molar-refractivity contribution in [2.75, 3.05) is 0 Å². The van der Waals surface area contributed by atoms with Gasteiger partial charge in [-0.25, -0.2) is 9.97 Å². The maximum Gasteiger partial charge on any atom is 0.275 e. The molecule has 0 unspecified atom stereocenters. The van der Waals surface area contributed by atoms with Gasteiger partial charge in [0.2, 0.25) is 0 Å². The molecule has 110 valence electrons. The molecule has 22 heavy (non-hydrogen) atoms. The molecule has 0 radical (unpaired) electrons. The number of aromatic amines is 2. The molecule has 2 N–H and O–H groups in total. The van der Waals surface area contributed by atoms with E-state index in [0.717, 1.165) is 0 Å². The Morgan fingerprint density at radius 1 is 1.18 bits per heavy atom. The second kappa shape index (κ2) is 4.56. The summed E-state index contributed by atoms with van der Waals surface area (Å²) >= 11 is 0. The Hall–Kier alpha value is -2.89. The smallest absolute Gasteiger partial charge is 0.275 e. The Morgan fingerprint density at radius 2 is 2.00 bits per heavy atom. The summed E-state index contributed by atoms with van der Waals surface area (Å²) in [5.74, 6) is 0.705. The van der Waals surface area contributed by atoms with Crippen molar-refractivity contribution in [2.24, 2.45) is 7.05 Å². The van der Waals surface area contributed by atoms with Crippen molar-refractivity contribution in [3.63, 3.8) is 0 Å². The van der Waals surface area contributed by atoms with Gasteiger partial charge in [0.1, 0.15) is 11.2 Å². The fraction of sp³-hybridized carbons (Fsp3) is 0.188. The lowest BCUT2D eigenvalue weighted by Gasteiger charge is -2.01. The molecule has 0 spiro atoms. The van der Waals surface area contributed by atoms with E-state index >= 15 is 0 Å². The van der Waals surface area contributed by atoms with Crippen molar-refractivity contribution < 1.29 is 0 Å². The quantitative estimate of drug-likeness (QED) is 0.593. The van der Waals surface area contributed by atoms with Crippen LogP contribution in [-0.4, -0.2) is 24.7 Å². The van der Waals surface area contributed by atoms with E-state index < -0.39 is 0 Å². The molecule has 3 heterocycles. The van der Waals surface area contributed by atoms with Crippen LogP contribution in [0, 0.1) is 6.92 Å². The number of aromatic nitrogens is 5. The highest BCUT2D eigenvalue weighted by molar-refractivity contribution is 5.84. The first-order chi connectivity index (χ1) is 10.6. The minimum absolute atomic E-state index is 0.177. The first kappa shape index (κ1) is 12.8. The molecule has 0 aliphatic heterocycles. The molecule has 0 aliphatic rings. The summed E-state index contributed by atoms with van der Waals surface area (Å²) in [6.07, 6.45) is 2.73. The van der Waals surface area contributed by atoms with E-state index in [1.54, 1.807) is 0 Å². The van der Waals surface area contributed by atoms with Crippen LogP contribution in [0.15, 0.2) is 35.3 Å². The molecule has 6 heteroatoms. The number of para-hydroxylation sites is 1. The van der Waals surface area contributed by atoms with Gasteiger partial charge in [-0.1, -0.05) is 18.2 Å². The van der Waals surface area contributed by atoms with E-state index in [0.29, 0.717) is 29.0 Å². The normalized spacial score (nSPS) is 11.5. The number of hydrogen-bond donors (Lipinski definition) is 2. The monoisotopic (exact) mass is 293 g/mol. The Bertz CT molecular complexity index is 1050. The van der Waals surface area contributed by atoms with Gasteiger partial charge in [0.05, 0.1) is 5.69 Å². The molecule has 0 atom stereocenters. The zero-order valence-corrected chi connectivity index (χ0v) is 12.3. The zero-order chi connectivity index (χ0) is 15.3. The highest BCUT2D eigenvalue weighted by Gasteiger charge is 2.12. The number of hydrogen-bond acceptors (Lipinski definition) is 3. The summed E-state index contributed by atoms with van der Waals surface area (Å²) in [6.45, 7) is 1.83. The predicted octanol–water partition coefficient (Wildman–Crippen LogP) is 2.04. The Kier molecular flexibility index (Phi) is 2.66. The summed E-state index contributed by atoms with van der Waals surface area (Å²) < 4.78 is 2.11. The number of H-pyrrole nitrogens is 2. The first-order valence-electron chi connectivity index (χ1n) is 7.10. The highest BCUT2D eigenvalue weighted by atomic mass is 16.1. The fourth-order valence-electron chi connectivity index (χ4n) is 2.99. The summed E-state index contributed by atoms with van der Waals surface area (Å²) in [5, 5.41) is 7.09. The van der Waals surface area contributed by atoms with Crippen LogP contribution in [0.2, 0.25) is 0 Å². The largest absolute Gasteiger partial charge is 0.350 e. The van der Waals surface area contributed by atoms with Crippen molar-refractivity contribution in [3.05, 3.63) is 57.9 Å². The summed E-state index contributed by atoms with van der Waals surface area (Å²) in [6, 6.07) is 8.26. The number of benzene rings is 1. The third-order valence-corrected chi connectivity index (χ3v) is 3.99. The third kappa shape index (κ3) is 1.84. The van der Waals surface area contributed by atoms with Crippen LogP contribution in [0.25, 0.3) is 21.9 Å². The molecule has 0 amide bonds. The standard InChI is InChI=1S/C16H15N5O/c1-9-14-15(19-20-16(14)22)18-13(17-9)7-10-8-21(2)12-6-4-3-5-11(10)12/h3-6,8H,7H2,1-2H3,(H2,17,18,19,20,22). The topological polar surface area (TPSA) is 79.4 Å². The molecule has 6 nitrogen and oxygen atoms in total. The molecule has 0 bridgehead atoms. The summed E-state index contributed by atoms with van der Waals surface area (Å²) in [7, 11) is 2.03. The minimum Gasteiger partial charge on any atom is -0.350 e. The average molecular weight is 293 g/mol. The van der Waals surface area contributed by atoms with E-state index in [9.17, 15) is 4.79 Å². The molecular weight excluding hydrogens is 278 g/mol. The van der Waals surface area contributed by atoms with E-state index in [4.69, 9.17) is 0 Å². The van der Waals surface area contributed by atoms with Gasteiger partial charge in [0.15, 0.2) is 5.65 Å². The zero-order valence-electron chi connectivity index (χ0n) is 12.3. The molecule has 4 rings (SSSR count). The molecule has 4 aromatic rings. The Labute approximate surface area is 125 Å². The number of rotatable bonds is 2. The lowest BCUT2D eigenvalue weighted by atomic mass is 10.1. The average Bonchev–Trinajstić information content (AvgIpc) is 3.02. The van der Waals surface area contributed by atoms with Gasteiger partial charge >= 0.3 is 0 Å². The van der Waals surface area contributed by atoms with Gasteiger partial charge in [-0.2, -0.15) is 0 Å². The van der Waals surface area contributed by atoms with Crippen LogP contribution < -0.4 is 5.56 Å². The fourth-order valence-corrected chi connectivity index (χ4v) is 2.99. The predicted molar refractivity (Wildman–Crippen MR) is 85.0 cm³/mol. The van der Waals surface area contributed by atoms with Crippen LogP contribution in [0.5, 0.6) is 0 Å². The number of nitrogens with zero attached hydrogens (tertiary/aromatic N) is 3. The van der Waals surface area contributed by atoms with Crippen molar-refractivity contribution >= 4 is 21.9 Å². The van der Waals surface area contributed by atoms with Gasteiger partial charge in [0, 0.05) is 30.6 Å². The van der Waals surface area contributed by atoms with Crippen molar-refractivity contribution in [1.82, 2.24) is 24.7 Å². The summed E-state index contributed by atoms with van der Waals surface area (Å²) in [5.41, 5.74) is 3.44. The lowest BCUT2D eigenvalue weighted by Crippen LogP contribution is -2.04. The molecule has 0 fully saturated rings. The van der Waals surface area contributed by atoms with Gasteiger partial charge in [-0.15, -0.1) is 0 Å². The molecule has 3 aromatic heterocycles. The minimum atomic E-state index is -0.177. The summed E-state index contributed by atoms with van der Waals surface area (Å²) in [4.78, 5) is 20.6. The van der Waals surface area contributed by atoms with Crippen molar-refractivity contribution in [2.45, 2.75) is 13.3 Å². The second-order valence-electron chi connectivity index (χ2n) is 5.49. The SMILES string of the molecule is Cc1nc(Cc2cn(C)c3ccccc23)nc2[nH][nH]c(=O)c12. The molecule has 0 saturated carbocycles. The van der Waals surface area contributed by atoms with Gasteiger partial charge in [-0.3, -0.25) is 15.0 Å². The van der Waals surface area contributed by atoms with Crippen LogP contribution in [0.3, 0.4) is 0 Å². The van der Waals surface area contributed by atoms with Crippen LogP contribution in [-0.2, 0) is 13.5 Å². The maximum atomic E-state index is 11.7. The van der Waals surface area contributed by atoms with Crippen LogP contribution in [0.4, 0.5) is 0 Å². The molecule has 0 aliphatic carbocycles. The Morgan fingerprint density at radius 3 is 2.86 bits per heavy atom. The van der Waals surface area contributed by atoms with Gasteiger partial charge < -0.3 is 4.57 Å². The molecule has 1 aromatic carbocycles. The first-order valence-corrected chi connectivity index (χ1v) is 7.10. The Balaban J connectivity index is 1.84. The number of nitrogens with one attached hydrogen (secondary N) is 2.